The summed E-state index contributed by atoms with van der Waals surface area (Å²) >= 11 is 0. The normalized spacial score (nSPS) is 10.5. The van der Waals surface area contributed by atoms with Gasteiger partial charge in [0.15, 0.2) is 11.5 Å². The molecule has 0 aliphatic rings. The van der Waals surface area contributed by atoms with Gasteiger partial charge in [-0.15, -0.1) is 0 Å². The van der Waals surface area contributed by atoms with E-state index in [9.17, 15) is 4.79 Å². The van der Waals surface area contributed by atoms with Crippen LogP contribution in [0.15, 0.2) is 30.4 Å². The zero-order valence-electron chi connectivity index (χ0n) is 11.6. The van der Waals surface area contributed by atoms with Crippen LogP contribution < -0.4 is 9.47 Å². The van der Waals surface area contributed by atoms with Gasteiger partial charge >= 0.3 is 5.97 Å². The Morgan fingerprint density at radius 2 is 2.05 bits per heavy atom. The minimum Gasteiger partial charge on any atom is -0.490 e. The summed E-state index contributed by atoms with van der Waals surface area (Å²) in [6.07, 6.45) is 4.07. The molecule has 19 heavy (non-hydrogen) atoms. The van der Waals surface area contributed by atoms with Crippen molar-refractivity contribution in [3.05, 3.63) is 35.9 Å². The molecule has 1 aromatic rings. The molecule has 0 saturated carbocycles. The maximum absolute atomic E-state index is 11.2. The summed E-state index contributed by atoms with van der Waals surface area (Å²) in [5.74, 6) is 1.05. The van der Waals surface area contributed by atoms with Crippen LogP contribution in [0, 0.1) is 0 Å². The zero-order valence-corrected chi connectivity index (χ0v) is 11.6. The highest BCUT2D eigenvalue weighted by Gasteiger charge is 2.09. The Morgan fingerprint density at radius 1 is 1.26 bits per heavy atom. The van der Waals surface area contributed by atoms with E-state index in [1.807, 2.05) is 44.2 Å². The molecular formula is C15H20O4. The number of hydrogen-bond acceptors (Lipinski definition) is 4. The molecule has 0 radical (unpaired) electrons. The van der Waals surface area contributed by atoms with Crippen molar-refractivity contribution in [1.82, 2.24) is 0 Å². The average Bonchev–Trinajstić information content (AvgIpc) is 2.41. The lowest BCUT2D eigenvalue weighted by molar-refractivity contribution is -0.139. The molecule has 0 aliphatic carbocycles. The molecule has 0 N–H and O–H groups in total. The van der Waals surface area contributed by atoms with Crippen molar-refractivity contribution in [1.29, 1.82) is 0 Å². The molecule has 0 heterocycles. The van der Waals surface area contributed by atoms with Gasteiger partial charge in [-0.1, -0.05) is 18.2 Å². The van der Waals surface area contributed by atoms with Crippen LogP contribution in [0.1, 0.15) is 19.4 Å². The lowest BCUT2D eigenvalue weighted by Gasteiger charge is -2.12. The van der Waals surface area contributed by atoms with Crippen LogP contribution in [0.2, 0.25) is 0 Å². The molecule has 104 valence electrons. The molecule has 0 fully saturated rings. The van der Waals surface area contributed by atoms with Crippen LogP contribution in [-0.2, 0) is 16.0 Å². The van der Waals surface area contributed by atoms with Crippen LogP contribution in [0.5, 0.6) is 11.5 Å². The van der Waals surface area contributed by atoms with Crippen molar-refractivity contribution in [2.24, 2.45) is 0 Å². The topological polar surface area (TPSA) is 44.8 Å². The van der Waals surface area contributed by atoms with Gasteiger partial charge < -0.3 is 14.2 Å². The second-order valence-electron chi connectivity index (χ2n) is 3.85. The summed E-state index contributed by atoms with van der Waals surface area (Å²) in [6, 6.07) is 5.46. The van der Waals surface area contributed by atoms with Crippen molar-refractivity contribution in [3.8, 4) is 11.5 Å². The van der Waals surface area contributed by atoms with Gasteiger partial charge in [0.05, 0.1) is 20.1 Å². The van der Waals surface area contributed by atoms with E-state index in [2.05, 4.69) is 4.74 Å². The molecule has 0 saturated heterocycles. The van der Waals surface area contributed by atoms with Crippen LogP contribution in [-0.4, -0.2) is 26.3 Å². The molecule has 1 aromatic carbocycles. The van der Waals surface area contributed by atoms with Gasteiger partial charge in [0.1, 0.15) is 6.61 Å². The third-order valence-electron chi connectivity index (χ3n) is 2.45. The predicted molar refractivity (Wildman–Crippen MR) is 73.6 cm³/mol. The Labute approximate surface area is 114 Å². The molecule has 0 aliphatic heterocycles. The minimum atomic E-state index is -0.273. The maximum atomic E-state index is 11.2. The van der Waals surface area contributed by atoms with Crippen LogP contribution in [0.3, 0.4) is 0 Å². The van der Waals surface area contributed by atoms with Crippen LogP contribution >= 0.6 is 0 Å². The molecule has 4 heteroatoms. The third-order valence-corrected chi connectivity index (χ3v) is 2.45. The lowest BCUT2D eigenvalue weighted by atomic mass is 10.1. The van der Waals surface area contributed by atoms with Gasteiger partial charge in [0.2, 0.25) is 0 Å². The Balaban J connectivity index is 2.83. The van der Waals surface area contributed by atoms with E-state index in [0.717, 1.165) is 5.56 Å². The van der Waals surface area contributed by atoms with Gasteiger partial charge in [-0.25, -0.2) is 0 Å². The summed E-state index contributed by atoms with van der Waals surface area (Å²) < 4.78 is 15.8. The number of carbonyl (C=O) groups is 1. The Bertz CT molecular complexity index is 438. The average molecular weight is 264 g/mol. The Hall–Kier alpha value is -1.97. The van der Waals surface area contributed by atoms with E-state index >= 15 is 0 Å². The molecule has 0 atom stereocenters. The lowest BCUT2D eigenvalue weighted by Crippen LogP contribution is -2.05. The summed E-state index contributed by atoms with van der Waals surface area (Å²) in [7, 11) is 1.38. The zero-order chi connectivity index (χ0) is 14.1. The number of carbonyl (C=O) groups excluding carboxylic acids is 1. The van der Waals surface area contributed by atoms with Gasteiger partial charge in [-0.2, -0.15) is 0 Å². The van der Waals surface area contributed by atoms with E-state index in [-0.39, 0.29) is 12.4 Å². The molecule has 0 aromatic heterocycles. The second kappa shape index (κ2) is 8.19. The largest absolute Gasteiger partial charge is 0.490 e. The fourth-order valence-electron chi connectivity index (χ4n) is 1.52. The van der Waals surface area contributed by atoms with Crippen molar-refractivity contribution >= 4 is 5.97 Å². The molecule has 0 bridgehead atoms. The predicted octanol–water partition coefficient (Wildman–Crippen LogP) is 2.76. The van der Waals surface area contributed by atoms with Gasteiger partial charge in [0.25, 0.3) is 0 Å². The van der Waals surface area contributed by atoms with E-state index in [1.54, 1.807) is 0 Å². The first-order valence-electron chi connectivity index (χ1n) is 6.27. The highest BCUT2D eigenvalue weighted by Crippen LogP contribution is 2.28. The highest BCUT2D eigenvalue weighted by molar-refractivity contribution is 5.72. The first kappa shape index (κ1) is 15.1. The number of methoxy groups -OCH3 is 1. The van der Waals surface area contributed by atoms with E-state index < -0.39 is 0 Å². The number of allylic oxidation sites excluding steroid dienone is 1. The number of benzene rings is 1. The standard InChI is InChI=1S/C15H20O4/c1-4-6-9-19-13-8-7-12(11-15(16)17-3)10-14(13)18-5-2/h4,6-8,10H,5,9,11H2,1-3H3. The minimum absolute atomic E-state index is 0.228. The van der Waals surface area contributed by atoms with Gasteiger partial charge in [-0.05, 0) is 31.5 Å². The summed E-state index contributed by atoms with van der Waals surface area (Å²) in [5, 5.41) is 0. The number of hydrogen-bond donors (Lipinski definition) is 0. The molecular weight excluding hydrogens is 244 g/mol. The quantitative estimate of drug-likeness (QED) is 0.561. The third kappa shape index (κ3) is 5.04. The van der Waals surface area contributed by atoms with E-state index in [4.69, 9.17) is 9.47 Å². The summed E-state index contributed by atoms with van der Waals surface area (Å²) in [4.78, 5) is 11.2. The van der Waals surface area contributed by atoms with Crippen molar-refractivity contribution < 1.29 is 19.0 Å². The van der Waals surface area contributed by atoms with E-state index in [0.29, 0.717) is 24.7 Å². The fraction of sp³-hybridized carbons (Fsp3) is 0.400. The Morgan fingerprint density at radius 3 is 2.68 bits per heavy atom. The molecule has 1 rings (SSSR count). The summed E-state index contributed by atoms with van der Waals surface area (Å²) in [6.45, 7) is 4.88. The molecule has 0 amide bonds. The monoisotopic (exact) mass is 264 g/mol. The van der Waals surface area contributed by atoms with Gasteiger partial charge in [-0.3, -0.25) is 4.79 Å². The fourth-order valence-corrected chi connectivity index (χ4v) is 1.52. The van der Waals surface area contributed by atoms with E-state index in [1.165, 1.54) is 7.11 Å². The van der Waals surface area contributed by atoms with Crippen LogP contribution in [0.25, 0.3) is 0 Å². The molecule has 0 spiro atoms. The second-order valence-corrected chi connectivity index (χ2v) is 3.85. The smallest absolute Gasteiger partial charge is 0.309 e. The summed E-state index contributed by atoms with van der Waals surface area (Å²) in [5.41, 5.74) is 0.841. The Kier molecular flexibility index (Phi) is 6.50. The highest BCUT2D eigenvalue weighted by atomic mass is 16.5. The SMILES string of the molecule is CC=CCOc1ccc(CC(=O)OC)cc1OCC. The van der Waals surface area contributed by atoms with Crippen molar-refractivity contribution in [2.75, 3.05) is 20.3 Å². The van der Waals surface area contributed by atoms with Crippen molar-refractivity contribution in [2.45, 2.75) is 20.3 Å². The molecule has 4 nitrogen and oxygen atoms in total. The first-order valence-corrected chi connectivity index (χ1v) is 6.27. The van der Waals surface area contributed by atoms with Crippen LogP contribution in [0.4, 0.5) is 0 Å². The first-order chi connectivity index (χ1) is 9.21. The van der Waals surface area contributed by atoms with Crippen molar-refractivity contribution in [3.63, 3.8) is 0 Å². The van der Waals surface area contributed by atoms with Gasteiger partial charge in [0, 0.05) is 0 Å². The number of esters is 1. The number of ether oxygens (including phenoxy) is 3. The number of rotatable bonds is 7. The maximum Gasteiger partial charge on any atom is 0.309 e. The molecule has 0 unspecified atom stereocenters.